The van der Waals surface area contributed by atoms with Crippen LogP contribution in [0.15, 0.2) is 54.6 Å². The van der Waals surface area contributed by atoms with Gasteiger partial charge in [-0.3, -0.25) is 4.79 Å². The average Bonchev–Trinajstić information content (AvgIpc) is 2.97. The summed E-state index contributed by atoms with van der Waals surface area (Å²) in [5.41, 5.74) is 3.80. The molecule has 0 aromatic heterocycles. The summed E-state index contributed by atoms with van der Waals surface area (Å²) in [6.45, 7) is 4.19. The molecule has 1 atom stereocenters. The van der Waals surface area contributed by atoms with E-state index in [1.54, 1.807) is 0 Å². The van der Waals surface area contributed by atoms with Crippen molar-refractivity contribution in [3.05, 3.63) is 65.7 Å². The molecule has 0 spiro atoms. The van der Waals surface area contributed by atoms with Crippen LogP contribution >= 0.6 is 0 Å². The molecular formula is C19H22N2O. The van der Waals surface area contributed by atoms with Crippen LogP contribution in [-0.2, 0) is 11.2 Å². The van der Waals surface area contributed by atoms with Gasteiger partial charge in [0.1, 0.15) is 0 Å². The second kappa shape index (κ2) is 6.65. The molecule has 0 unspecified atom stereocenters. The summed E-state index contributed by atoms with van der Waals surface area (Å²) in [5.74, 6) is 0.426. The zero-order chi connectivity index (χ0) is 15.4. The fourth-order valence-corrected chi connectivity index (χ4v) is 2.97. The van der Waals surface area contributed by atoms with Gasteiger partial charge in [0, 0.05) is 18.8 Å². The predicted octanol–water partition coefficient (Wildman–Crippen LogP) is 2.97. The summed E-state index contributed by atoms with van der Waals surface area (Å²) >= 11 is 0. The van der Waals surface area contributed by atoms with Gasteiger partial charge in [-0.1, -0.05) is 55.5 Å². The van der Waals surface area contributed by atoms with Crippen molar-refractivity contribution < 1.29 is 4.79 Å². The molecule has 2 aromatic carbocycles. The number of hydrogen-bond donors (Lipinski definition) is 1. The molecule has 0 saturated heterocycles. The smallest absolute Gasteiger partial charge is 0.239 e. The molecule has 3 rings (SSSR count). The second-order valence-corrected chi connectivity index (χ2v) is 5.92. The Morgan fingerprint density at radius 2 is 1.86 bits per heavy atom. The first-order valence-corrected chi connectivity index (χ1v) is 7.88. The van der Waals surface area contributed by atoms with Crippen molar-refractivity contribution in [2.75, 3.05) is 24.5 Å². The highest BCUT2D eigenvalue weighted by molar-refractivity contribution is 5.82. The molecule has 1 N–H and O–H groups in total. The molecule has 1 amide bonds. The zero-order valence-corrected chi connectivity index (χ0v) is 13.0. The maximum Gasteiger partial charge on any atom is 0.239 e. The molecule has 0 fully saturated rings. The van der Waals surface area contributed by atoms with Crippen molar-refractivity contribution in [2.24, 2.45) is 0 Å². The highest BCUT2D eigenvalue weighted by Crippen LogP contribution is 2.26. The number of fused-ring (bicyclic) bond motifs is 1. The Labute approximate surface area is 132 Å². The number of rotatable bonds is 5. The molecule has 1 heterocycles. The van der Waals surface area contributed by atoms with Crippen LogP contribution in [0.25, 0.3) is 0 Å². The molecule has 1 aliphatic rings. The maximum absolute atomic E-state index is 12.2. The van der Waals surface area contributed by atoms with Crippen molar-refractivity contribution >= 4 is 11.6 Å². The molecule has 22 heavy (non-hydrogen) atoms. The Kier molecular flexibility index (Phi) is 4.42. The van der Waals surface area contributed by atoms with Crippen LogP contribution in [0.2, 0.25) is 0 Å². The van der Waals surface area contributed by atoms with E-state index in [9.17, 15) is 4.79 Å². The van der Waals surface area contributed by atoms with Crippen LogP contribution < -0.4 is 10.2 Å². The first-order chi connectivity index (χ1) is 10.7. The van der Waals surface area contributed by atoms with E-state index in [4.69, 9.17) is 0 Å². The van der Waals surface area contributed by atoms with E-state index in [1.807, 2.05) is 24.3 Å². The summed E-state index contributed by atoms with van der Waals surface area (Å²) < 4.78 is 0. The van der Waals surface area contributed by atoms with Gasteiger partial charge in [-0.05, 0) is 29.5 Å². The Morgan fingerprint density at radius 1 is 1.14 bits per heavy atom. The van der Waals surface area contributed by atoms with Gasteiger partial charge in [0.15, 0.2) is 0 Å². The topological polar surface area (TPSA) is 32.3 Å². The molecule has 0 bridgehead atoms. The molecule has 1 aliphatic heterocycles. The van der Waals surface area contributed by atoms with Gasteiger partial charge in [0.25, 0.3) is 0 Å². The van der Waals surface area contributed by atoms with Crippen LogP contribution in [-0.4, -0.2) is 25.5 Å². The number of benzene rings is 2. The van der Waals surface area contributed by atoms with Crippen LogP contribution in [0.4, 0.5) is 5.69 Å². The Morgan fingerprint density at radius 3 is 2.68 bits per heavy atom. The summed E-state index contributed by atoms with van der Waals surface area (Å²) in [4.78, 5) is 14.4. The highest BCUT2D eigenvalue weighted by Gasteiger charge is 2.20. The van der Waals surface area contributed by atoms with E-state index < -0.39 is 0 Å². The molecule has 3 heteroatoms. The van der Waals surface area contributed by atoms with Crippen LogP contribution in [0, 0.1) is 0 Å². The summed E-state index contributed by atoms with van der Waals surface area (Å²) in [5, 5.41) is 3.06. The third kappa shape index (κ3) is 3.30. The normalized spacial score (nSPS) is 14.5. The number of nitrogens with zero attached hydrogens (tertiary/aromatic N) is 1. The van der Waals surface area contributed by atoms with Gasteiger partial charge < -0.3 is 10.2 Å². The third-order valence-corrected chi connectivity index (χ3v) is 4.29. The molecule has 3 nitrogen and oxygen atoms in total. The Bertz CT molecular complexity index is 639. The quantitative estimate of drug-likeness (QED) is 0.919. The van der Waals surface area contributed by atoms with Gasteiger partial charge in [-0.25, -0.2) is 0 Å². The molecule has 2 aromatic rings. The van der Waals surface area contributed by atoms with Crippen molar-refractivity contribution in [3.63, 3.8) is 0 Å². The average molecular weight is 294 g/mol. The number of amides is 1. The number of para-hydroxylation sites is 1. The number of hydrogen-bond acceptors (Lipinski definition) is 2. The third-order valence-electron chi connectivity index (χ3n) is 4.29. The van der Waals surface area contributed by atoms with Crippen LogP contribution in [0.1, 0.15) is 24.0 Å². The molecular weight excluding hydrogens is 272 g/mol. The summed E-state index contributed by atoms with van der Waals surface area (Å²) in [6.07, 6.45) is 1.03. The monoisotopic (exact) mass is 294 g/mol. The maximum atomic E-state index is 12.2. The fraction of sp³-hybridized carbons (Fsp3) is 0.316. The Hall–Kier alpha value is -2.29. The lowest BCUT2D eigenvalue weighted by Crippen LogP contribution is -2.37. The van der Waals surface area contributed by atoms with Crippen LogP contribution in [0.3, 0.4) is 0 Å². The number of nitrogens with one attached hydrogen (secondary N) is 1. The lowest BCUT2D eigenvalue weighted by molar-refractivity contribution is -0.119. The van der Waals surface area contributed by atoms with E-state index >= 15 is 0 Å². The highest BCUT2D eigenvalue weighted by atomic mass is 16.2. The van der Waals surface area contributed by atoms with Crippen molar-refractivity contribution in [2.45, 2.75) is 19.3 Å². The minimum absolute atomic E-state index is 0.0967. The SMILES string of the molecule is C[C@@H](CNC(=O)CN1CCc2ccccc21)c1ccccc1. The van der Waals surface area contributed by atoms with Crippen LogP contribution in [0.5, 0.6) is 0 Å². The predicted molar refractivity (Wildman–Crippen MR) is 90.2 cm³/mol. The van der Waals surface area contributed by atoms with E-state index in [0.717, 1.165) is 13.0 Å². The fourth-order valence-electron chi connectivity index (χ4n) is 2.97. The van der Waals surface area contributed by atoms with Crippen molar-refractivity contribution in [1.29, 1.82) is 0 Å². The van der Waals surface area contributed by atoms with Gasteiger partial charge in [-0.15, -0.1) is 0 Å². The van der Waals surface area contributed by atoms with E-state index in [-0.39, 0.29) is 5.91 Å². The standard InChI is InChI=1S/C19H22N2O/c1-15(16-7-3-2-4-8-16)13-20-19(22)14-21-12-11-17-9-5-6-10-18(17)21/h2-10,15H,11-14H2,1H3,(H,20,22)/t15-/m0/s1. The molecule has 0 saturated carbocycles. The number of carbonyl (C=O) groups excluding carboxylic acids is 1. The minimum Gasteiger partial charge on any atom is -0.362 e. The molecule has 0 radical (unpaired) electrons. The van der Waals surface area contributed by atoms with Gasteiger partial charge >= 0.3 is 0 Å². The van der Waals surface area contributed by atoms with Crippen molar-refractivity contribution in [1.82, 2.24) is 5.32 Å². The lowest BCUT2D eigenvalue weighted by atomic mass is 10.0. The first kappa shape index (κ1) is 14.6. The summed E-state index contributed by atoms with van der Waals surface area (Å²) in [7, 11) is 0. The molecule has 114 valence electrons. The molecule has 0 aliphatic carbocycles. The van der Waals surface area contributed by atoms with Gasteiger partial charge in [-0.2, -0.15) is 0 Å². The number of anilines is 1. The Balaban J connectivity index is 1.51. The minimum atomic E-state index is 0.0967. The van der Waals surface area contributed by atoms with E-state index in [2.05, 4.69) is 47.5 Å². The number of carbonyl (C=O) groups is 1. The lowest BCUT2D eigenvalue weighted by Gasteiger charge is -2.20. The van der Waals surface area contributed by atoms with Gasteiger partial charge in [0.2, 0.25) is 5.91 Å². The van der Waals surface area contributed by atoms with E-state index in [1.165, 1.54) is 16.8 Å². The summed E-state index contributed by atoms with van der Waals surface area (Å²) in [6, 6.07) is 18.6. The van der Waals surface area contributed by atoms with Gasteiger partial charge in [0.05, 0.1) is 6.54 Å². The second-order valence-electron chi connectivity index (χ2n) is 5.92. The largest absolute Gasteiger partial charge is 0.362 e. The van der Waals surface area contributed by atoms with E-state index in [0.29, 0.717) is 19.0 Å². The van der Waals surface area contributed by atoms with Crippen molar-refractivity contribution in [3.8, 4) is 0 Å². The zero-order valence-electron chi connectivity index (χ0n) is 13.0. The first-order valence-electron chi connectivity index (χ1n) is 7.88.